The largest absolute Gasteiger partial charge is 6.00 e. The molecule has 5 heavy (non-hydrogen) atoms. The molecule has 0 unspecified atom stereocenters. The molecule has 0 aliphatic heterocycles. The molecule has 0 saturated heterocycles. The van der Waals surface area contributed by atoms with Crippen LogP contribution >= 0.6 is 0 Å². The molecule has 1 radical (unpaired) electrons. The van der Waals surface area contributed by atoms with Gasteiger partial charge in [-0.25, -0.2) is 0 Å². The molecule has 0 rings (SSSR count). The Morgan fingerprint density at radius 2 is 0.600 bits per heavy atom. The van der Waals surface area contributed by atoms with Gasteiger partial charge < -0.3 is 16.4 Å². The third-order valence-corrected chi connectivity index (χ3v) is 0. The van der Waals surface area contributed by atoms with Crippen LogP contribution in [0.2, 0.25) is 0 Å². The van der Waals surface area contributed by atoms with Gasteiger partial charge in [-0.3, -0.25) is 0 Å². The van der Waals surface area contributed by atoms with Crippen molar-refractivity contribution in [3.63, 3.8) is 0 Å². The summed E-state index contributed by atoms with van der Waals surface area (Å²) in [4.78, 5) is 0. The zero-order chi connectivity index (χ0) is 0. The molecule has 0 N–H and O–H groups in total. The molecule has 35 valence electrons. The Bertz CT molecular complexity index is 6.85. The monoisotopic (exact) mass is 343 g/mol. The molecule has 0 heterocycles. The van der Waals surface area contributed by atoms with Crippen molar-refractivity contribution >= 4 is 0 Å². The summed E-state index contributed by atoms with van der Waals surface area (Å²) in [5.74, 6) is 0. The number of hydrogen-bond acceptors (Lipinski definition) is 0. The van der Waals surface area contributed by atoms with Gasteiger partial charge in [-0.05, 0) is 0 Å². The van der Waals surface area contributed by atoms with Crippen LogP contribution in [0.15, 0.2) is 0 Å². The van der Waals surface area contributed by atoms with Gasteiger partial charge in [0, 0.05) is 22.4 Å². The van der Waals surface area contributed by atoms with Crippen molar-refractivity contribution in [3.8, 4) is 0 Å². The molecule has 3 nitrogen and oxygen atoms in total. The fourth-order valence-electron chi connectivity index (χ4n) is 0. The molecule has 0 fully saturated rings. The van der Waals surface area contributed by atoms with E-state index < -0.39 is 0 Å². The van der Waals surface area contributed by atoms with Crippen LogP contribution in [0.1, 0.15) is 0 Å². The van der Waals surface area contributed by atoms with E-state index >= 15 is 0 Å². The molecule has 5 heteroatoms. The maximum atomic E-state index is 0. The Hall–Kier alpha value is 1.31. The van der Waals surface area contributed by atoms with Crippen molar-refractivity contribution in [1.29, 1.82) is 0 Å². The first-order valence-corrected chi connectivity index (χ1v) is 0. The van der Waals surface area contributed by atoms with E-state index in [-0.39, 0.29) is 59.9 Å². The van der Waals surface area contributed by atoms with Gasteiger partial charge >= 0.3 is 21.1 Å². The third-order valence-electron chi connectivity index (χ3n) is 0. The molecule has 0 amide bonds. The summed E-state index contributed by atoms with van der Waals surface area (Å²) < 4.78 is 0. The molecular formula is AuMoO3. The SMILES string of the molecule is [Au].[Mo+6].[O-2].[O-2].[O-2]. The van der Waals surface area contributed by atoms with Crippen LogP contribution in [-0.4, -0.2) is 0 Å². The summed E-state index contributed by atoms with van der Waals surface area (Å²) in [5.41, 5.74) is 0. The van der Waals surface area contributed by atoms with Gasteiger partial charge in [0.2, 0.25) is 0 Å². The van der Waals surface area contributed by atoms with E-state index in [9.17, 15) is 0 Å². The summed E-state index contributed by atoms with van der Waals surface area (Å²) in [5, 5.41) is 0. The van der Waals surface area contributed by atoms with Gasteiger partial charge in [-0.1, -0.05) is 0 Å². The van der Waals surface area contributed by atoms with Crippen LogP contribution in [0.5, 0.6) is 0 Å². The van der Waals surface area contributed by atoms with Gasteiger partial charge in [0.25, 0.3) is 0 Å². The van der Waals surface area contributed by atoms with Crippen molar-refractivity contribution in [2.45, 2.75) is 0 Å². The zero-order valence-corrected chi connectivity index (χ0v) is 6.11. The van der Waals surface area contributed by atoms with Gasteiger partial charge in [0.1, 0.15) is 0 Å². The van der Waals surface area contributed by atoms with Crippen LogP contribution in [0.3, 0.4) is 0 Å². The third kappa shape index (κ3) is 33.9. The van der Waals surface area contributed by atoms with Gasteiger partial charge in [0.05, 0.1) is 0 Å². The van der Waals surface area contributed by atoms with Crippen molar-refractivity contribution in [3.05, 3.63) is 0 Å². The molecule has 0 aromatic rings. The molecule has 0 saturated carbocycles. The topological polar surface area (TPSA) is 85.5 Å². The van der Waals surface area contributed by atoms with Gasteiger partial charge in [0.15, 0.2) is 0 Å². The minimum absolute atomic E-state index is 0. The fraction of sp³-hybridized carbons (Fsp3) is 0. The fourth-order valence-corrected chi connectivity index (χ4v) is 0. The van der Waals surface area contributed by atoms with Crippen molar-refractivity contribution in [1.82, 2.24) is 0 Å². The van der Waals surface area contributed by atoms with E-state index in [1.165, 1.54) is 0 Å². The minimum Gasteiger partial charge on any atom is -2.00 e. The standard InChI is InChI=1S/Au.Mo.3O/q;+6;3*-2. The van der Waals surface area contributed by atoms with E-state index in [0.29, 0.717) is 0 Å². The van der Waals surface area contributed by atoms with Gasteiger partial charge in [-0.15, -0.1) is 0 Å². The van der Waals surface area contributed by atoms with Gasteiger partial charge in [-0.2, -0.15) is 0 Å². The summed E-state index contributed by atoms with van der Waals surface area (Å²) in [6.45, 7) is 0. The molecule has 0 bridgehead atoms. The average molecular weight is 341 g/mol. The smallest absolute Gasteiger partial charge is 2.00 e. The molecular weight excluding hydrogens is 341 g/mol. The van der Waals surface area contributed by atoms with Crippen molar-refractivity contribution < 1.29 is 59.9 Å². The second-order valence-electron chi connectivity index (χ2n) is 0. The molecule has 0 aromatic heterocycles. The van der Waals surface area contributed by atoms with Crippen molar-refractivity contribution in [2.24, 2.45) is 0 Å². The van der Waals surface area contributed by atoms with E-state index in [1.54, 1.807) is 0 Å². The molecule has 0 aromatic carbocycles. The van der Waals surface area contributed by atoms with E-state index in [1.807, 2.05) is 0 Å². The quantitative estimate of drug-likeness (QED) is 0.539. The van der Waals surface area contributed by atoms with Crippen LogP contribution < -0.4 is 0 Å². The first-order chi connectivity index (χ1) is 0. The number of hydrogen-bond donors (Lipinski definition) is 0. The maximum absolute atomic E-state index is 0. The number of rotatable bonds is 0. The Kier molecular flexibility index (Phi) is 1200. The zero-order valence-electron chi connectivity index (χ0n) is 1.93. The first kappa shape index (κ1) is 104. The summed E-state index contributed by atoms with van der Waals surface area (Å²) in [6, 6.07) is 0. The Labute approximate surface area is 59.8 Å². The Morgan fingerprint density at radius 3 is 0.600 bits per heavy atom. The second kappa shape index (κ2) is 57.6. The second-order valence-corrected chi connectivity index (χ2v) is 0. The average Bonchev–Trinajstić information content (AvgIpc) is 0. The maximum Gasteiger partial charge on any atom is 6.00 e. The summed E-state index contributed by atoms with van der Waals surface area (Å²) >= 11 is 0. The predicted octanol–water partition coefficient (Wildman–Crippen LogP) is -0.361. The van der Waals surface area contributed by atoms with E-state index in [2.05, 4.69) is 0 Å². The Morgan fingerprint density at radius 1 is 0.600 bits per heavy atom. The minimum atomic E-state index is 0. The summed E-state index contributed by atoms with van der Waals surface area (Å²) in [6.07, 6.45) is 0. The van der Waals surface area contributed by atoms with Crippen LogP contribution in [0, 0.1) is 0 Å². The summed E-state index contributed by atoms with van der Waals surface area (Å²) in [7, 11) is 0. The van der Waals surface area contributed by atoms with Crippen molar-refractivity contribution in [2.75, 3.05) is 0 Å². The van der Waals surface area contributed by atoms with E-state index in [0.717, 1.165) is 0 Å². The molecule has 0 spiro atoms. The molecule has 0 aliphatic carbocycles. The molecule has 0 aliphatic rings. The van der Waals surface area contributed by atoms with E-state index in [4.69, 9.17) is 0 Å². The Balaban J connectivity index is 0. The van der Waals surface area contributed by atoms with Crippen LogP contribution in [-0.2, 0) is 59.9 Å². The predicted molar refractivity (Wildman–Crippen MR) is 2.06 cm³/mol. The molecule has 0 atom stereocenters. The first-order valence-electron chi connectivity index (χ1n) is 0. The van der Waals surface area contributed by atoms with Crippen LogP contribution in [0.25, 0.3) is 0 Å². The van der Waals surface area contributed by atoms with Crippen LogP contribution in [0.4, 0.5) is 0 Å². The normalized spacial score (nSPS) is 0.